The molecule has 0 aromatic heterocycles. The lowest BCUT2D eigenvalue weighted by molar-refractivity contribution is 0.601. The van der Waals surface area contributed by atoms with Gasteiger partial charge >= 0.3 is 0 Å². The van der Waals surface area contributed by atoms with Crippen LogP contribution < -0.4 is 10.0 Å². The molecule has 2 rings (SSSR count). The molecule has 0 radical (unpaired) electrons. The second-order valence-corrected chi connectivity index (χ2v) is 6.73. The van der Waals surface area contributed by atoms with Gasteiger partial charge in [0.1, 0.15) is 0 Å². The monoisotopic (exact) mass is 304 g/mol. The third-order valence-corrected chi connectivity index (χ3v) is 4.82. The van der Waals surface area contributed by atoms with E-state index in [-0.39, 0.29) is 10.9 Å². The highest BCUT2D eigenvalue weighted by atomic mass is 32.2. The first-order valence-electron chi connectivity index (χ1n) is 6.79. The van der Waals surface area contributed by atoms with E-state index in [1.165, 1.54) is 0 Å². The summed E-state index contributed by atoms with van der Waals surface area (Å²) >= 11 is 0. The van der Waals surface area contributed by atoms with Crippen molar-refractivity contribution in [2.24, 2.45) is 0 Å². The second kappa shape index (κ2) is 6.28. The molecule has 0 saturated heterocycles. The first-order chi connectivity index (χ1) is 9.92. The zero-order valence-corrected chi connectivity index (χ0v) is 13.2. The molecule has 1 atom stereocenters. The Balaban J connectivity index is 2.19. The molecule has 1 unspecified atom stereocenters. The molecular formula is C16H20N2O2S. The maximum atomic E-state index is 12.3. The van der Waals surface area contributed by atoms with E-state index in [1.54, 1.807) is 36.4 Å². The average molecular weight is 304 g/mol. The number of nitrogens with one attached hydrogen (secondary N) is 2. The molecule has 4 nitrogen and oxygen atoms in total. The Labute approximate surface area is 126 Å². The molecule has 2 N–H and O–H groups in total. The molecule has 2 aromatic rings. The van der Waals surface area contributed by atoms with Gasteiger partial charge in [0.15, 0.2) is 0 Å². The highest BCUT2D eigenvalue weighted by Gasteiger charge is 2.13. The normalized spacial score (nSPS) is 12.9. The zero-order chi connectivity index (χ0) is 15.5. The zero-order valence-electron chi connectivity index (χ0n) is 12.4. The molecule has 112 valence electrons. The highest BCUT2D eigenvalue weighted by Crippen LogP contribution is 2.19. The predicted octanol–water partition coefficient (Wildman–Crippen LogP) is 3.08. The van der Waals surface area contributed by atoms with Crippen LogP contribution in [0.25, 0.3) is 0 Å². The van der Waals surface area contributed by atoms with Crippen molar-refractivity contribution in [2.75, 3.05) is 11.8 Å². The van der Waals surface area contributed by atoms with Gasteiger partial charge < -0.3 is 5.32 Å². The Bertz CT molecular complexity index is 692. The number of sulfonamides is 1. The molecule has 0 fully saturated rings. The summed E-state index contributed by atoms with van der Waals surface area (Å²) in [6.45, 7) is 3.97. The molecule has 5 heteroatoms. The lowest BCUT2D eigenvalue weighted by atomic mass is 10.1. The average Bonchev–Trinajstić information content (AvgIpc) is 2.47. The molecule has 0 heterocycles. The Morgan fingerprint density at radius 3 is 2.05 bits per heavy atom. The van der Waals surface area contributed by atoms with Gasteiger partial charge in [-0.25, -0.2) is 8.42 Å². The van der Waals surface area contributed by atoms with Gasteiger partial charge in [0, 0.05) is 11.7 Å². The van der Waals surface area contributed by atoms with Crippen molar-refractivity contribution in [1.82, 2.24) is 5.32 Å². The summed E-state index contributed by atoms with van der Waals surface area (Å²) in [7, 11) is -1.65. The first-order valence-corrected chi connectivity index (χ1v) is 8.27. The van der Waals surface area contributed by atoms with Crippen LogP contribution in [0.15, 0.2) is 53.4 Å². The maximum Gasteiger partial charge on any atom is 0.261 e. The van der Waals surface area contributed by atoms with E-state index in [1.807, 2.05) is 33.0 Å². The fourth-order valence-electron chi connectivity index (χ4n) is 1.94. The van der Waals surface area contributed by atoms with Gasteiger partial charge in [0.25, 0.3) is 10.0 Å². The Morgan fingerprint density at radius 2 is 1.52 bits per heavy atom. The number of rotatable bonds is 5. The van der Waals surface area contributed by atoms with Crippen molar-refractivity contribution in [2.45, 2.75) is 24.8 Å². The van der Waals surface area contributed by atoms with E-state index in [0.717, 1.165) is 11.1 Å². The van der Waals surface area contributed by atoms with Crippen LogP contribution in [0.3, 0.4) is 0 Å². The molecular weight excluding hydrogens is 284 g/mol. The van der Waals surface area contributed by atoms with Crippen LogP contribution in [0.4, 0.5) is 5.69 Å². The van der Waals surface area contributed by atoms with Gasteiger partial charge in [-0.2, -0.15) is 0 Å². The van der Waals surface area contributed by atoms with Crippen LogP contribution in [-0.4, -0.2) is 15.5 Å². The predicted molar refractivity (Wildman–Crippen MR) is 85.9 cm³/mol. The largest absolute Gasteiger partial charge is 0.313 e. The summed E-state index contributed by atoms with van der Waals surface area (Å²) < 4.78 is 27.1. The fraction of sp³-hybridized carbons (Fsp3) is 0.250. The van der Waals surface area contributed by atoms with Gasteiger partial charge in [-0.3, -0.25) is 4.72 Å². The van der Waals surface area contributed by atoms with Crippen LogP contribution in [0, 0.1) is 6.92 Å². The quantitative estimate of drug-likeness (QED) is 0.892. The number of hydrogen-bond acceptors (Lipinski definition) is 3. The van der Waals surface area contributed by atoms with Crippen LogP contribution >= 0.6 is 0 Å². The molecule has 0 aliphatic heterocycles. The van der Waals surface area contributed by atoms with Crippen molar-refractivity contribution in [3.05, 3.63) is 59.7 Å². The standard InChI is InChI=1S/C16H20N2O2S/c1-12-4-10-16(11-5-12)21(19,20)18-15-8-6-14(7-9-15)13(2)17-3/h4-11,13,17-18H,1-3H3. The smallest absolute Gasteiger partial charge is 0.261 e. The molecule has 21 heavy (non-hydrogen) atoms. The van der Waals surface area contributed by atoms with Crippen LogP contribution in [-0.2, 0) is 10.0 Å². The number of benzene rings is 2. The maximum absolute atomic E-state index is 12.3. The van der Waals surface area contributed by atoms with E-state index in [0.29, 0.717) is 5.69 Å². The van der Waals surface area contributed by atoms with Gasteiger partial charge in [-0.05, 0) is 50.7 Å². The number of aryl methyl sites for hydroxylation is 1. The number of anilines is 1. The topological polar surface area (TPSA) is 58.2 Å². The minimum absolute atomic E-state index is 0.229. The number of hydrogen-bond donors (Lipinski definition) is 2. The van der Waals surface area contributed by atoms with E-state index < -0.39 is 10.0 Å². The first kappa shape index (κ1) is 15.5. The molecule has 0 amide bonds. The highest BCUT2D eigenvalue weighted by molar-refractivity contribution is 7.92. The summed E-state index contributed by atoms with van der Waals surface area (Å²) in [4.78, 5) is 0.265. The third-order valence-electron chi connectivity index (χ3n) is 3.43. The summed E-state index contributed by atoms with van der Waals surface area (Å²) in [5, 5.41) is 3.14. The van der Waals surface area contributed by atoms with Crippen molar-refractivity contribution in [1.29, 1.82) is 0 Å². The van der Waals surface area contributed by atoms with E-state index in [9.17, 15) is 8.42 Å². The Kier molecular flexibility index (Phi) is 4.65. The summed E-state index contributed by atoms with van der Waals surface area (Å²) in [6, 6.07) is 14.4. The minimum atomic E-state index is -3.53. The second-order valence-electron chi connectivity index (χ2n) is 5.05. The van der Waals surface area contributed by atoms with Crippen LogP contribution in [0.2, 0.25) is 0 Å². The summed E-state index contributed by atoms with van der Waals surface area (Å²) in [5.41, 5.74) is 2.69. The Morgan fingerprint density at radius 1 is 0.952 bits per heavy atom. The third kappa shape index (κ3) is 3.83. The van der Waals surface area contributed by atoms with Gasteiger partial charge in [-0.1, -0.05) is 29.8 Å². The molecule has 0 aliphatic rings. The van der Waals surface area contributed by atoms with Gasteiger partial charge in [0.05, 0.1) is 4.90 Å². The van der Waals surface area contributed by atoms with Crippen molar-refractivity contribution >= 4 is 15.7 Å². The molecule has 0 saturated carbocycles. The minimum Gasteiger partial charge on any atom is -0.313 e. The lowest BCUT2D eigenvalue weighted by Crippen LogP contribution is -2.14. The van der Waals surface area contributed by atoms with Gasteiger partial charge in [-0.15, -0.1) is 0 Å². The molecule has 2 aromatic carbocycles. The van der Waals surface area contributed by atoms with E-state index in [4.69, 9.17) is 0 Å². The summed E-state index contributed by atoms with van der Waals surface area (Å²) in [6.07, 6.45) is 0. The van der Waals surface area contributed by atoms with Crippen molar-refractivity contribution in [3.63, 3.8) is 0 Å². The summed E-state index contributed by atoms with van der Waals surface area (Å²) in [5.74, 6) is 0. The molecule has 0 bridgehead atoms. The van der Waals surface area contributed by atoms with Crippen LogP contribution in [0.5, 0.6) is 0 Å². The van der Waals surface area contributed by atoms with Gasteiger partial charge in [0.2, 0.25) is 0 Å². The van der Waals surface area contributed by atoms with Crippen LogP contribution in [0.1, 0.15) is 24.1 Å². The Hall–Kier alpha value is -1.85. The van der Waals surface area contributed by atoms with E-state index in [2.05, 4.69) is 10.0 Å². The lowest BCUT2D eigenvalue weighted by Gasteiger charge is -2.12. The SMILES string of the molecule is CNC(C)c1ccc(NS(=O)(=O)c2ccc(C)cc2)cc1. The molecule has 0 aliphatic carbocycles. The van der Waals surface area contributed by atoms with Crippen molar-refractivity contribution in [3.8, 4) is 0 Å². The fourth-order valence-corrected chi connectivity index (χ4v) is 3.00. The molecule has 0 spiro atoms. The van der Waals surface area contributed by atoms with E-state index >= 15 is 0 Å². The van der Waals surface area contributed by atoms with Crippen molar-refractivity contribution < 1.29 is 8.42 Å².